The molecule has 0 radical (unpaired) electrons. The number of benzene rings is 1. The summed E-state index contributed by atoms with van der Waals surface area (Å²) >= 11 is 0. The average Bonchev–Trinajstić information content (AvgIpc) is 2.85. The number of aromatic nitrogens is 2. The number of pyridine rings is 1. The van der Waals surface area contributed by atoms with Crippen molar-refractivity contribution in [2.45, 2.75) is 6.92 Å². The van der Waals surface area contributed by atoms with Crippen molar-refractivity contribution in [1.82, 2.24) is 9.97 Å². The van der Waals surface area contributed by atoms with Gasteiger partial charge in [-0.15, -0.1) is 0 Å². The minimum Gasteiger partial charge on any atom is -0.397 e. The maximum absolute atomic E-state index is 13.6. The Kier molecular flexibility index (Phi) is 2.65. The van der Waals surface area contributed by atoms with Gasteiger partial charge in [0.25, 0.3) is 0 Å². The number of aromatic amines is 1. The third kappa shape index (κ3) is 1.70. The van der Waals surface area contributed by atoms with Crippen molar-refractivity contribution in [3.63, 3.8) is 0 Å². The van der Waals surface area contributed by atoms with E-state index in [2.05, 4.69) is 9.97 Å². The third-order valence-corrected chi connectivity index (χ3v) is 3.32. The van der Waals surface area contributed by atoms with Gasteiger partial charge in [0.05, 0.1) is 22.6 Å². The van der Waals surface area contributed by atoms with Gasteiger partial charge in [0.2, 0.25) is 0 Å². The summed E-state index contributed by atoms with van der Waals surface area (Å²) in [5.74, 6) is -0.533. The molecule has 0 aliphatic rings. The number of hydrogen-bond acceptors (Lipinski definition) is 3. The van der Waals surface area contributed by atoms with Crippen LogP contribution in [0.4, 0.5) is 10.1 Å². The van der Waals surface area contributed by atoms with E-state index in [9.17, 15) is 4.39 Å². The van der Waals surface area contributed by atoms with Crippen LogP contribution in [0.25, 0.3) is 22.2 Å². The zero-order valence-electron chi connectivity index (χ0n) is 10.7. The highest BCUT2D eigenvalue weighted by atomic mass is 19.1. The highest BCUT2D eigenvalue weighted by molar-refractivity contribution is 5.97. The number of nitrogens with two attached hydrogens (primary N) is 1. The topological polar surface area (TPSA) is 78.5 Å². The molecule has 0 aliphatic heterocycles. The van der Waals surface area contributed by atoms with E-state index in [-0.39, 0.29) is 5.56 Å². The molecule has 4 nitrogen and oxygen atoms in total. The van der Waals surface area contributed by atoms with Gasteiger partial charge in [0.1, 0.15) is 17.4 Å². The molecular formula is C15H11FN4. The fourth-order valence-electron chi connectivity index (χ4n) is 2.22. The van der Waals surface area contributed by atoms with Crippen LogP contribution < -0.4 is 5.73 Å². The first-order valence-corrected chi connectivity index (χ1v) is 6.05. The highest BCUT2D eigenvalue weighted by Gasteiger charge is 2.14. The lowest BCUT2D eigenvalue weighted by molar-refractivity contribution is 0.626. The molecule has 2 aromatic heterocycles. The van der Waals surface area contributed by atoms with Crippen molar-refractivity contribution in [3.8, 4) is 17.3 Å². The Morgan fingerprint density at radius 2 is 2.10 bits per heavy atom. The van der Waals surface area contributed by atoms with Crippen LogP contribution in [-0.4, -0.2) is 9.97 Å². The number of nitrogens with one attached hydrogen (secondary N) is 1. The molecular weight excluding hydrogens is 255 g/mol. The molecule has 3 rings (SSSR count). The summed E-state index contributed by atoms with van der Waals surface area (Å²) in [5, 5.41) is 9.80. The molecule has 0 spiro atoms. The predicted octanol–water partition coefficient (Wildman–Crippen LogP) is 3.13. The largest absolute Gasteiger partial charge is 0.397 e. The van der Waals surface area contributed by atoms with Gasteiger partial charge >= 0.3 is 0 Å². The molecule has 2 heterocycles. The summed E-state index contributed by atoms with van der Waals surface area (Å²) < 4.78 is 13.6. The molecule has 0 bridgehead atoms. The second-order valence-corrected chi connectivity index (χ2v) is 4.53. The molecule has 20 heavy (non-hydrogen) atoms. The summed E-state index contributed by atoms with van der Waals surface area (Å²) in [5.41, 5.74) is 9.17. The van der Waals surface area contributed by atoms with Crippen LogP contribution >= 0.6 is 0 Å². The van der Waals surface area contributed by atoms with E-state index in [1.165, 1.54) is 6.07 Å². The normalized spacial score (nSPS) is 10.7. The zero-order chi connectivity index (χ0) is 14.3. The second-order valence-electron chi connectivity index (χ2n) is 4.53. The van der Waals surface area contributed by atoms with E-state index in [0.29, 0.717) is 11.2 Å². The number of nitrogen functional groups attached to an aromatic ring is 1. The first-order valence-electron chi connectivity index (χ1n) is 6.05. The Bertz CT molecular complexity index is 858. The third-order valence-electron chi connectivity index (χ3n) is 3.32. The molecule has 0 unspecified atom stereocenters. The number of H-pyrrole nitrogens is 1. The van der Waals surface area contributed by atoms with E-state index in [4.69, 9.17) is 11.0 Å². The van der Waals surface area contributed by atoms with Gasteiger partial charge < -0.3 is 10.7 Å². The van der Waals surface area contributed by atoms with E-state index in [0.717, 1.165) is 22.3 Å². The maximum atomic E-state index is 13.6. The summed E-state index contributed by atoms with van der Waals surface area (Å²) in [6, 6.07) is 8.40. The minimum absolute atomic E-state index is 0.0147. The molecule has 0 amide bonds. The molecule has 0 saturated carbocycles. The zero-order valence-corrected chi connectivity index (χ0v) is 10.7. The number of hydrogen-bond donors (Lipinski definition) is 2. The quantitative estimate of drug-likeness (QED) is 0.710. The average molecular weight is 266 g/mol. The van der Waals surface area contributed by atoms with Gasteiger partial charge in [-0.2, -0.15) is 5.26 Å². The van der Waals surface area contributed by atoms with Crippen LogP contribution in [0.1, 0.15) is 11.3 Å². The fraction of sp³-hybridized carbons (Fsp3) is 0.0667. The molecule has 1 aromatic carbocycles. The number of anilines is 1. The van der Waals surface area contributed by atoms with Gasteiger partial charge in [0, 0.05) is 17.1 Å². The van der Waals surface area contributed by atoms with E-state index >= 15 is 0 Å². The van der Waals surface area contributed by atoms with Crippen molar-refractivity contribution in [3.05, 3.63) is 47.5 Å². The summed E-state index contributed by atoms with van der Waals surface area (Å²) in [4.78, 5) is 7.37. The Hall–Kier alpha value is -2.87. The molecule has 5 heteroatoms. The molecule has 0 atom stereocenters. The van der Waals surface area contributed by atoms with Crippen molar-refractivity contribution in [2.24, 2.45) is 0 Å². The van der Waals surface area contributed by atoms with Gasteiger partial charge in [-0.1, -0.05) is 0 Å². The molecule has 98 valence electrons. The van der Waals surface area contributed by atoms with Gasteiger partial charge in [-0.25, -0.2) is 4.39 Å². The number of rotatable bonds is 1. The van der Waals surface area contributed by atoms with E-state index < -0.39 is 5.82 Å². The lowest BCUT2D eigenvalue weighted by Gasteiger charge is -2.03. The van der Waals surface area contributed by atoms with Crippen LogP contribution in [0.2, 0.25) is 0 Å². The number of fused-ring (bicyclic) bond motifs is 1. The minimum atomic E-state index is -0.533. The molecule has 0 fully saturated rings. The molecule has 3 N–H and O–H groups in total. The van der Waals surface area contributed by atoms with Crippen LogP contribution in [0.3, 0.4) is 0 Å². The van der Waals surface area contributed by atoms with Crippen molar-refractivity contribution in [2.75, 3.05) is 5.73 Å². The Labute approximate surface area is 114 Å². The molecule has 0 saturated heterocycles. The SMILES string of the molecule is Cc1nc(-c2c[nH]c3c(C#N)c(F)ccc23)ccc1N. The lowest BCUT2D eigenvalue weighted by Crippen LogP contribution is -1.94. The second kappa shape index (κ2) is 4.35. The van der Waals surface area contributed by atoms with Crippen molar-refractivity contribution in [1.29, 1.82) is 5.26 Å². The summed E-state index contributed by atoms with van der Waals surface area (Å²) in [6.07, 6.45) is 1.73. The standard InChI is InChI=1S/C15H11FN4/c1-8-13(18)4-5-14(20-8)11-7-19-15-9(11)2-3-12(16)10(15)6-17/h2-5,7,19H,18H2,1H3. The number of nitriles is 1. The first kappa shape index (κ1) is 12.2. The summed E-state index contributed by atoms with van der Waals surface area (Å²) in [6.45, 7) is 1.83. The highest BCUT2D eigenvalue weighted by Crippen LogP contribution is 2.30. The predicted molar refractivity (Wildman–Crippen MR) is 75.4 cm³/mol. The smallest absolute Gasteiger partial charge is 0.143 e. The van der Waals surface area contributed by atoms with Crippen molar-refractivity contribution >= 4 is 16.6 Å². The number of nitrogens with zero attached hydrogens (tertiary/aromatic N) is 2. The Morgan fingerprint density at radius 3 is 2.80 bits per heavy atom. The van der Waals surface area contributed by atoms with E-state index in [1.54, 1.807) is 24.4 Å². The Balaban J connectivity index is 2.28. The lowest BCUT2D eigenvalue weighted by atomic mass is 10.1. The summed E-state index contributed by atoms with van der Waals surface area (Å²) in [7, 11) is 0. The van der Waals surface area contributed by atoms with Crippen LogP contribution in [0.15, 0.2) is 30.5 Å². The monoisotopic (exact) mass is 266 g/mol. The number of aryl methyl sites for hydroxylation is 1. The van der Waals surface area contributed by atoms with Gasteiger partial charge in [0.15, 0.2) is 0 Å². The van der Waals surface area contributed by atoms with Crippen molar-refractivity contribution < 1.29 is 4.39 Å². The maximum Gasteiger partial charge on any atom is 0.143 e. The molecule has 3 aromatic rings. The van der Waals surface area contributed by atoms with Crippen LogP contribution in [-0.2, 0) is 0 Å². The first-order chi connectivity index (χ1) is 9.61. The molecule has 0 aliphatic carbocycles. The Morgan fingerprint density at radius 1 is 1.30 bits per heavy atom. The van der Waals surface area contributed by atoms with Gasteiger partial charge in [-0.05, 0) is 31.2 Å². The van der Waals surface area contributed by atoms with E-state index in [1.807, 2.05) is 13.0 Å². The van der Waals surface area contributed by atoms with Crippen LogP contribution in [0, 0.1) is 24.1 Å². The van der Waals surface area contributed by atoms with Gasteiger partial charge in [-0.3, -0.25) is 4.98 Å². The number of halogens is 1. The van der Waals surface area contributed by atoms with Crippen LogP contribution in [0.5, 0.6) is 0 Å². The fourth-order valence-corrected chi connectivity index (χ4v) is 2.22.